The highest BCUT2D eigenvalue weighted by Gasteiger charge is 2.16. The summed E-state index contributed by atoms with van der Waals surface area (Å²) in [5.74, 6) is -0.316. The van der Waals surface area contributed by atoms with Crippen molar-refractivity contribution < 1.29 is 4.39 Å². The molecule has 0 fully saturated rings. The van der Waals surface area contributed by atoms with Gasteiger partial charge in [-0.15, -0.1) is 0 Å². The van der Waals surface area contributed by atoms with Gasteiger partial charge in [0.1, 0.15) is 5.82 Å². The lowest BCUT2D eigenvalue weighted by Crippen LogP contribution is -2.23. The lowest BCUT2D eigenvalue weighted by atomic mass is 9.99. The largest absolute Gasteiger partial charge is 0.306 e. The van der Waals surface area contributed by atoms with Crippen molar-refractivity contribution in [1.82, 2.24) is 10.3 Å². The molecule has 1 atom stereocenters. The van der Waals surface area contributed by atoms with Gasteiger partial charge in [-0.1, -0.05) is 30.7 Å². The Morgan fingerprint density at radius 2 is 2.22 bits per heavy atom. The van der Waals surface area contributed by atoms with Crippen LogP contribution in [0.4, 0.5) is 4.39 Å². The second kappa shape index (κ2) is 5.94. The van der Waals surface area contributed by atoms with E-state index in [-0.39, 0.29) is 11.9 Å². The first-order valence-electron chi connectivity index (χ1n) is 5.80. The van der Waals surface area contributed by atoms with E-state index in [0.29, 0.717) is 10.6 Å². The van der Waals surface area contributed by atoms with Crippen LogP contribution in [0.5, 0.6) is 0 Å². The maximum absolute atomic E-state index is 13.8. The smallest absolute Gasteiger partial charge is 0.146 e. The van der Waals surface area contributed by atoms with E-state index < -0.39 is 0 Å². The topological polar surface area (TPSA) is 24.9 Å². The molecule has 2 rings (SSSR count). The summed E-state index contributed by atoms with van der Waals surface area (Å²) in [5, 5.41) is 3.90. The number of aromatic nitrogens is 1. The van der Waals surface area contributed by atoms with Crippen LogP contribution in [-0.4, -0.2) is 11.5 Å². The first-order valence-corrected chi connectivity index (χ1v) is 6.18. The third-order valence-electron chi connectivity index (χ3n) is 2.71. The van der Waals surface area contributed by atoms with Crippen LogP contribution in [0.3, 0.4) is 0 Å². The molecule has 0 spiro atoms. The molecule has 0 aliphatic carbocycles. The Kier molecular flexibility index (Phi) is 4.28. The van der Waals surface area contributed by atoms with E-state index in [9.17, 15) is 4.39 Å². The van der Waals surface area contributed by atoms with Crippen molar-refractivity contribution in [3.8, 4) is 0 Å². The predicted molar refractivity (Wildman–Crippen MR) is 71.2 cm³/mol. The molecule has 0 aliphatic rings. The maximum atomic E-state index is 13.8. The maximum Gasteiger partial charge on any atom is 0.146 e. The second-order valence-electron chi connectivity index (χ2n) is 3.94. The zero-order valence-electron chi connectivity index (χ0n) is 10.0. The number of benzene rings is 1. The SMILES string of the molecule is CCNC(c1cccc(Cl)c1)c1ccncc1F. The molecule has 1 aromatic carbocycles. The highest BCUT2D eigenvalue weighted by molar-refractivity contribution is 6.30. The molecule has 94 valence electrons. The van der Waals surface area contributed by atoms with Crippen LogP contribution in [0.25, 0.3) is 0 Å². The van der Waals surface area contributed by atoms with Crippen molar-refractivity contribution >= 4 is 11.6 Å². The Balaban J connectivity index is 2.43. The second-order valence-corrected chi connectivity index (χ2v) is 4.38. The fourth-order valence-electron chi connectivity index (χ4n) is 1.92. The molecule has 1 N–H and O–H groups in total. The lowest BCUT2D eigenvalue weighted by Gasteiger charge is -2.19. The number of nitrogens with zero attached hydrogens (tertiary/aromatic N) is 1. The van der Waals surface area contributed by atoms with Crippen LogP contribution in [0, 0.1) is 5.82 Å². The highest BCUT2D eigenvalue weighted by atomic mass is 35.5. The molecule has 1 unspecified atom stereocenters. The molecular formula is C14H14ClFN2. The van der Waals surface area contributed by atoms with E-state index in [1.165, 1.54) is 6.20 Å². The Bertz CT molecular complexity index is 531. The molecule has 4 heteroatoms. The minimum absolute atomic E-state index is 0.211. The molecule has 0 amide bonds. The fraction of sp³-hybridized carbons (Fsp3) is 0.214. The van der Waals surface area contributed by atoms with Gasteiger partial charge in [0.2, 0.25) is 0 Å². The van der Waals surface area contributed by atoms with Crippen LogP contribution in [0.1, 0.15) is 24.1 Å². The number of nitrogens with one attached hydrogen (secondary N) is 1. The summed E-state index contributed by atoms with van der Waals surface area (Å²) < 4.78 is 13.8. The third kappa shape index (κ3) is 2.86. The van der Waals surface area contributed by atoms with E-state index >= 15 is 0 Å². The number of halogens is 2. The van der Waals surface area contributed by atoms with Gasteiger partial charge in [0.25, 0.3) is 0 Å². The Hall–Kier alpha value is -1.45. The summed E-state index contributed by atoms with van der Waals surface area (Å²) >= 11 is 5.98. The average molecular weight is 265 g/mol. The number of hydrogen-bond acceptors (Lipinski definition) is 2. The van der Waals surface area contributed by atoms with Gasteiger partial charge in [0.05, 0.1) is 12.2 Å². The Labute approximate surface area is 111 Å². The summed E-state index contributed by atoms with van der Waals surface area (Å²) in [7, 11) is 0. The van der Waals surface area contributed by atoms with E-state index in [4.69, 9.17) is 11.6 Å². The van der Waals surface area contributed by atoms with Gasteiger partial charge in [0, 0.05) is 16.8 Å². The number of hydrogen-bond donors (Lipinski definition) is 1. The molecule has 0 bridgehead atoms. The summed E-state index contributed by atoms with van der Waals surface area (Å²) in [6.07, 6.45) is 2.82. The van der Waals surface area contributed by atoms with E-state index in [2.05, 4.69) is 10.3 Å². The molecule has 1 heterocycles. The molecule has 0 saturated heterocycles. The fourth-order valence-corrected chi connectivity index (χ4v) is 2.12. The van der Waals surface area contributed by atoms with Gasteiger partial charge < -0.3 is 5.32 Å². The van der Waals surface area contributed by atoms with Crippen molar-refractivity contribution in [3.63, 3.8) is 0 Å². The van der Waals surface area contributed by atoms with Crippen molar-refractivity contribution in [2.24, 2.45) is 0 Å². The van der Waals surface area contributed by atoms with Crippen LogP contribution in [0.15, 0.2) is 42.7 Å². The molecule has 1 aromatic heterocycles. The Morgan fingerprint density at radius 1 is 1.39 bits per heavy atom. The number of rotatable bonds is 4. The van der Waals surface area contributed by atoms with Crippen LogP contribution in [0.2, 0.25) is 5.02 Å². The number of pyridine rings is 1. The summed E-state index contributed by atoms with van der Waals surface area (Å²) in [4.78, 5) is 3.77. The average Bonchev–Trinajstić information content (AvgIpc) is 2.37. The molecular weight excluding hydrogens is 251 g/mol. The van der Waals surface area contributed by atoms with Crippen LogP contribution in [-0.2, 0) is 0 Å². The minimum Gasteiger partial charge on any atom is -0.306 e. The van der Waals surface area contributed by atoms with Gasteiger partial charge in [-0.05, 0) is 30.3 Å². The minimum atomic E-state index is -0.316. The van der Waals surface area contributed by atoms with Crippen LogP contribution >= 0.6 is 11.6 Å². The van der Waals surface area contributed by atoms with Gasteiger partial charge in [-0.25, -0.2) is 4.39 Å². The normalized spacial score (nSPS) is 12.4. The molecule has 2 aromatic rings. The van der Waals surface area contributed by atoms with E-state index in [0.717, 1.165) is 12.1 Å². The first kappa shape index (κ1) is 13.0. The van der Waals surface area contributed by atoms with Crippen molar-refractivity contribution in [1.29, 1.82) is 0 Å². The zero-order valence-corrected chi connectivity index (χ0v) is 10.8. The predicted octanol–water partition coefficient (Wildman–Crippen LogP) is 3.57. The zero-order chi connectivity index (χ0) is 13.0. The van der Waals surface area contributed by atoms with Crippen molar-refractivity contribution in [3.05, 3.63) is 64.7 Å². The van der Waals surface area contributed by atoms with Gasteiger partial charge in [-0.3, -0.25) is 4.98 Å². The van der Waals surface area contributed by atoms with E-state index in [1.807, 2.05) is 25.1 Å². The standard InChI is InChI=1S/C14H14ClFN2/c1-2-18-14(10-4-3-5-11(15)8-10)12-6-7-17-9-13(12)16/h3-9,14,18H,2H2,1H3. The molecule has 0 radical (unpaired) electrons. The monoisotopic (exact) mass is 264 g/mol. The molecule has 2 nitrogen and oxygen atoms in total. The Morgan fingerprint density at radius 3 is 2.89 bits per heavy atom. The lowest BCUT2D eigenvalue weighted by molar-refractivity contribution is 0.554. The molecule has 0 saturated carbocycles. The summed E-state index contributed by atoms with van der Waals surface area (Å²) in [6, 6.07) is 8.91. The quantitative estimate of drug-likeness (QED) is 0.913. The van der Waals surface area contributed by atoms with Crippen molar-refractivity contribution in [2.75, 3.05) is 6.54 Å². The molecule has 18 heavy (non-hydrogen) atoms. The van der Waals surface area contributed by atoms with Gasteiger partial charge in [-0.2, -0.15) is 0 Å². The first-order chi connectivity index (χ1) is 8.72. The van der Waals surface area contributed by atoms with Crippen molar-refractivity contribution in [2.45, 2.75) is 13.0 Å². The summed E-state index contributed by atoms with van der Waals surface area (Å²) in [5.41, 5.74) is 1.52. The van der Waals surface area contributed by atoms with E-state index in [1.54, 1.807) is 18.3 Å². The van der Waals surface area contributed by atoms with Gasteiger partial charge in [0.15, 0.2) is 0 Å². The van der Waals surface area contributed by atoms with Gasteiger partial charge >= 0.3 is 0 Å². The molecule has 0 aliphatic heterocycles. The van der Waals surface area contributed by atoms with Crippen LogP contribution < -0.4 is 5.32 Å². The highest BCUT2D eigenvalue weighted by Crippen LogP contribution is 2.25. The summed E-state index contributed by atoms with van der Waals surface area (Å²) in [6.45, 7) is 2.72. The third-order valence-corrected chi connectivity index (χ3v) is 2.94.